The minimum atomic E-state index is -0.222. The van der Waals surface area contributed by atoms with E-state index in [0.717, 1.165) is 38.9 Å². The maximum absolute atomic E-state index is 13.1. The van der Waals surface area contributed by atoms with E-state index in [1.807, 2.05) is 26.0 Å². The van der Waals surface area contributed by atoms with Crippen molar-refractivity contribution >= 4 is 15.9 Å². The molecule has 0 aromatic heterocycles. The second-order valence-corrected chi connectivity index (χ2v) is 6.02. The Hall–Kier alpha value is -1.39. The van der Waals surface area contributed by atoms with Gasteiger partial charge in [-0.1, -0.05) is 22.0 Å². The van der Waals surface area contributed by atoms with E-state index in [0.29, 0.717) is 13.2 Å². The van der Waals surface area contributed by atoms with Crippen LogP contribution < -0.4 is 10.5 Å². The SMILES string of the molecule is Cc1cc(F)ccc1COc1c(C)cc(Br)cc1CCN. The van der Waals surface area contributed by atoms with Gasteiger partial charge in [0.05, 0.1) is 0 Å². The van der Waals surface area contributed by atoms with Crippen LogP contribution in [0, 0.1) is 19.7 Å². The van der Waals surface area contributed by atoms with Crippen molar-refractivity contribution in [3.05, 3.63) is 62.9 Å². The number of nitrogens with two attached hydrogens (primary N) is 1. The lowest BCUT2D eigenvalue weighted by molar-refractivity contribution is 0.300. The summed E-state index contributed by atoms with van der Waals surface area (Å²) in [5.41, 5.74) is 9.69. The molecule has 0 fully saturated rings. The molecule has 0 spiro atoms. The number of benzene rings is 2. The maximum atomic E-state index is 13.1. The zero-order valence-corrected chi connectivity index (χ0v) is 13.8. The molecule has 0 heterocycles. The molecule has 0 aliphatic rings. The molecule has 0 amide bonds. The minimum absolute atomic E-state index is 0.222. The first-order chi connectivity index (χ1) is 10.0. The number of hydrogen-bond donors (Lipinski definition) is 1. The summed E-state index contributed by atoms with van der Waals surface area (Å²) >= 11 is 3.49. The highest BCUT2D eigenvalue weighted by molar-refractivity contribution is 9.10. The van der Waals surface area contributed by atoms with Crippen LogP contribution in [0.1, 0.15) is 22.3 Å². The Kier molecular flexibility index (Phi) is 5.37. The first-order valence-electron chi connectivity index (χ1n) is 6.88. The molecule has 21 heavy (non-hydrogen) atoms. The van der Waals surface area contributed by atoms with Gasteiger partial charge in [-0.25, -0.2) is 4.39 Å². The molecular weight excluding hydrogens is 333 g/mol. The van der Waals surface area contributed by atoms with E-state index in [1.54, 1.807) is 6.07 Å². The summed E-state index contributed by atoms with van der Waals surface area (Å²) in [6.45, 7) is 4.89. The number of rotatable bonds is 5. The summed E-state index contributed by atoms with van der Waals surface area (Å²) in [5, 5.41) is 0. The molecule has 4 heteroatoms. The van der Waals surface area contributed by atoms with E-state index >= 15 is 0 Å². The molecule has 0 unspecified atom stereocenters. The van der Waals surface area contributed by atoms with Crippen LogP contribution in [0.3, 0.4) is 0 Å². The molecule has 0 saturated carbocycles. The van der Waals surface area contributed by atoms with Crippen LogP contribution in [0.2, 0.25) is 0 Å². The third-order valence-corrected chi connectivity index (χ3v) is 3.86. The number of aryl methyl sites for hydroxylation is 2. The van der Waals surface area contributed by atoms with Gasteiger partial charge in [0, 0.05) is 4.47 Å². The molecule has 2 aromatic carbocycles. The molecule has 112 valence electrons. The third kappa shape index (κ3) is 4.05. The Labute approximate surface area is 133 Å². The molecule has 2 aromatic rings. The first-order valence-corrected chi connectivity index (χ1v) is 7.67. The summed E-state index contributed by atoms with van der Waals surface area (Å²) in [4.78, 5) is 0. The summed E-state index contributed by atoms with van der Waals surface area (Å²) in [6, 6.07) is 8.80. The summed E-state index contributed by atoms with van der Waals surface area (Å²) in [7, 11) is 0. The van der Waals surface area contributed by atoms with Gasteiger partial charge < -0.3 is 10.5 Å². The van der Waals surface area contributed by atoms with Gasteiger partial charge in [-0.15, -0.1) is 0 Å². The standard InChI is InChI=1S/C17H19BrFNO/c1-11-8-16(19)4-3-14(11)10-21-17-12(2)7-15(18)9-13(17)5-6-20/h3-4,7-9H,5-6,10,20H2,1-2H3. The van der Waals surface area contributed by atoms with Gasteiger partial charge in [-0.2, -0.15) is 0 Å². The summed E-state index contributed by atoms with van der Waals surface area (Å²) in [6.07, 6.45) is 0.762. The van der Waals surface area contributed by atoms with Gasteiger partial charge in [-0.05, 0) is 73.3 Å². The quantitative estimate of drug-likeness (QED) is 0.872. The second kappa shape index (κ2) is 7.05. The smallest absolute Gasteiger partial charge is 0.126 e. The van der Waals surface area contributed by atoms with Crippen LogP contribution in [0.15, 0.2) is 34.8 Å². The molecule has 2 N–H and O–H groups in total. The van der Waals surface area contributed by atoms with Crippen molar-refractivity contribution in [3.8, 4) is 5.75 Å². The summed E-state index contributed by atoms with van der Waals surface area (Å²) in [5.74, 6) is 0.646. The van der Waals surface area contributed by atoms with Crippen molar-refractivity contribution in [2.45, 2.75) is 26.9 Å². The van der Waals surface area contributed by atoms with E-state index in [1.165, 1.54) is 12.1 Å². The highest BCUT2D eigenvalue weighted by Crippen LogP contribution is 2.29. The largest absolute Gasteiger partial charge is 0.488 e. The molecule has 0 aliphatic heterocycles. The lowest BCUT2D eigenvalue weighted by atomic mass is 10.1. The number of hydrogen-bond acceptors (Lipinski definition) is 2. The number of ether oxygens (including phenoxy) is 1. The average molecular weight is 352 g/mol. The van der Waals surface area contributed by atoms with Crippen LogP contribution in [0.5, 0.6) is 5.75 Å². The van der Waals surface area contributed by atoms with Crippen molar-refractivity contribution < 1.29 is 9.13 Å². The van der Waals surface area contributed by atoms with Gasteiger partial charge in [-0.3, -0.25) is 0 Å². The fraction of sp³-hybridized carbons (Fsp3) is 0.294. The Morgan fingerprint density at radius 2 is 1.86 bits per heavy atom. The van der Waals surface area contributed by atoms with E-state index < -0.39 is 0 Å². The van der Waals surface area contributed by atoms with Crippen LogP contribution in [0.25, 0.3) is 0 Å². The fourth-order valence-corrected chi connectivity index (χ4v) is 2.94. The van der Waals surface area contributed by atoms with Gasteiger partial charge in [0.1, 0.15) is 18.2 Å². The Balaban J connectivity index is 2.23. The Morgan fingerprint density at radius 1 is 1.10 bits per heavy atom. The molecule has 2 rings (SSSR count). The van der Waals surface area contributed by atoms with Crippen molar-refractivity contribution in [1.29, 1.82) is 0 Å². The zero-order chi connectivity index (χ0) is 15.4. The minimum Gasteiger partial charge on any atom is -0.488 e. The van der Waals surface area contributed by atoms with E-state index in [4.69, 9.17) is 10.5 Å². The lowest BCUT2D eigenvalue weighted by Crippen LogP contribution is -2.07. The predicted molar refractivity (Wildman–Crippen MR) is 87.1 cm³/mol. The normalized spacial score (nSPS) is 10.7. The molecule has 0 atom stereocenters. The van der Waals surface area contributed by atoms with Gasteiger partial charge in [0.25, 0.3) is 0 Å². The maximum Gasteiger partial charge on any atom is 0.126 e. The van der Waals surface area contributed by atoms with Crippen molar-refractivity contribution in [3.63, 3.8) is 0 Å². The summed E-state index contributed by atoms with van der Waals surface area (Å²) < 4.78 is 20.1. The lowest BCUT2D eigenvalue weighted by Gasteiger charge is -2.15. The molecule has 2 nitrogen and oxygen atoms in total. The molecular formula is C17H19BrFNO. The molecule has 0 aliphatic carbocycles. The van der Waals surface area contributed by atoms with E-state index in [2.05, 4.69) is 15.9 Å². The highest BCUT2D eigenvalue weighted by atomic mass is 79.9. The molecule has 0 bridgehead atoms. The fourth-order valence-electron chi connectivity index (χ4n) is 2.32. The predicted octanol–water partition coefficient (Wildman–Crippen LogP) is 4.29. The van der Waals surface area contributed by atoms with E-state index in [-0.39, 0.29) is 5.82 Å². The average Bonchev–Trinajstić information content (AvgIpc) is 2.40. The van der Waals surface area contributed by atoms with Gasteiger partial charge >= 0.3 is 0 Å². The van der Waals surface area contributed by atoms with Crippen molar-refractivity contribution in [1.82, 2.24) is 0 Å². The van der Waals surface area contributed by atoms with Crippen molar-refractivity contribution in [2.75, 3.05) is 6.54 Å². The monoisotopic (exact) mass is 351 g/mol. The van der Waals surface area contributed by atoms with Gasteiger partial charge in [0.2, 0.25) is 0 Å². The van der Waals surface area contributed by atoms with Crippen LogP contribution in [0.4, 0.5) is 4.39 Å². The molecule has 0 radical (unpaired) electrons. The Bertz CT molecular complexity index is 643. The zero-order valence-electron chi connectivity index (χ0n) is 12.2. The van der Waals surface area contributed by atoms with Crippen LogP contribution >= 0.6 is 15.9 Å². The third-order valence-electron chi connectivity index (χ3n) is 3.41. The Morgan fingerprint density at radius 3 is 2.52 bits per heavy atom. The van der Waals surface area contributed by atoms with Crippen molar-refractivity contribution in [2.24, 2.45) is 5.73 Å². The first kappa shape index (κ1) is 16.0. The topological polar surface area (TPSA) is 35.2 Å². The molecule has 0 saturated heterocycles. The van der Waals surface area contributed by atoms with Crippen LogP contribution in [-0.2, 0) is 13.0 Å². The van der Waals surface area contributed by atoms with Crippen LogP contribution in [-0.4, -0.2) is 6.54 Å². The number of halogens is 2. The van der Waals surface area contributed by atoms with Gasteiger partial charge in [0.15, 0.2) is 0 Å². The highest BCUT2D eigenvalue weighted by Gasteiger charge is 2.10. The van der Waals surface area contributed by atoms with E-state index in [9.17, 15) is 4.39 Å². The second-order valence-electron chi connectivity index (χ2n) is 5.11.